The van der Waals surface area contributed by atoms with E-state index in [2.05, 4.69) is 10.3 Å². The molecule has 0 saturated carbocycles. The van der Waals surface area contributed by atoms with Crippen molar-refractivity contribution in [1.29, 1.82) is 0 Å². The van der Waals surface area contributed by atoms with Gasteiger partial charge >= 0.3 is 0 Å². The Morgan fingerprint density at radius 1 is 1.26 bits per heavy atom. The van der Waals surface area contributed by atoms with Gasteiger partial charge in [0.15, 0.2) is 0 Å². The van der Waals surface area contributed by atoms with Crippen LogP contribution in [0.5, 0.6) is 5.75 Å². The van der Waals surface area contributed by atoms with E-state index < -0.39 is 0 Å². The molecule has 0 amide bonds. The van der Waals surface area contributed by atoms with Gasteiger partial charge in [0.25, 0.3) is 0 Å². The highest BCUT2D eigenvalue weighted by molar-refractivity contribution is 6.31. The second-order valence-corrected chi connectivity index (χ2v) is 4.69. The fraction of sp³-hybridized carbons (Fsp3) is 0.267. The number of hydrogen-bond donors (Lipinski definition) is 1. The van der Waals surface area contributed by atoms with E-state index in [4.69, 9.17) is 16.3 Å². The maximum Gasteiger partial charge on any atom is 0.125 e. The molecule has 0 aliphatic carbocycles. The third kappa shape index (κ3) is 3.86. The van der Waals surface area contributed by atoms with Crippen molar-refractivity contribution in [2.24, 2.45) is 0 Å². The van der Waals surface area contributed by atoms with Gasteiger partial charge in [0, 0.05) is 23.3 Å². The fourth-order valence-corrected chi connectivity index (χ4v) is 1.79. The van der Waals surface area contributed by atoms with Crippen LogP contribution in [0, 0.1) is 6.92 Å². The van der Waals surface area contributed by atoms with Gasteiger partial charge < -0.3 is 10.1 Å². The van der Waals surface area contributed by atoms with E-state index in [0.717, 1.165) is 34.3 Å². The lowest BCUT2D eigenvalue weighted by Gasteiger charge is -2.08. The number of benzene rings is 1. The molecule has 0 atom stereocenters. The standard InChI is InChI=1S/C15H17ClN2O/c1-3-17-15-7-4-12(9-18-15)10-19-13-5-6-14(16)11(2)8-13/h4-9H,3,10H2,1-2H3,(H,17,18). The largest absolute Gasteiger partial charge is 0.489 e. The average Bonchev–Trinajstić information content (AvgIpc) is 2.42. The molecule has 4 heteroatoms. The Balaban J connectivity index is 1.96. The van der Waals surface area contributed by atoms with E-state index in [1.807, 2.05) is 50.4 Å². The summed E-state index contributed by atoms with van der Waals surface area (Å²) >= 11 is 5.97. The number of pyridine rings is 1. The van der Waals surface area contributed by atoms with E-state index >= 15 is 0 Å². The Hall–Kier alpha value is -1.74. The van der Waals surface area contributed by atoms with Crippen LogP contribution in [0.2, 0.25) is 5.02 Å². The molecule has 0 unspecified atom stereocenters. The number of ether oxygens (including phenoxy) is 1. The second kappa shape index (κ2) is 6.43. The van der Waals surface area contributed by atoms with Gasteiger partial charge in [-0.1, -0.05) is 17.7 Å². The van der Waals surface area contributed by atoms with Crippen molar-refractivity contribution in [1.82, 2.24) is 4.98 Å². The van der Waals surface area contributed by atoms with Crippen LogP contribution >= 0.6 is 11.6 Å². The van der Waals surface area contributed by atoms with E-state index in [1.165, 1.54) is 0 Å². The summed E-state index contributed by atoms with van der Waals surface area (Å²) in [4.78, 5) is 4.30. The van der Waals surface area contributed by atoms with E-state index in [1.54, 1.807) is 0 Å². The fourth-order valence-electron chi connectivity index (χ4n) is 1.67. The van der Waals surface area contributed by atoms with Crippen molar-refractivity contribution < 1.29 is 4.74 Å². The third-order valence-electron chi connectivity index (χ3n) is 2.72. The number of halogens is 1. The Kier molecular flexibility index (Phi) is 4.63. The predicted octanol–water partition coefficient (Wildman–Crippen LogP) is 4.05. The van der Waals surface area contributed by atoms with Crippen LogP contribution in [0.1, 0.15) is 18.1 Å². The highest BCUT2D eigenvalue weighted by Crippen LogP contribution is 2.21. The number of rotatable bonds is 5. The minimum absolute atomic E-state index is 0.500. The van der Waals surface area contributed by atoms with E-state index in [9.17, 15) is 0 Å². The summed E-state index contributed by atoms with van der Waals surface area (Å²) in [6.45, 7) is 5.37. The molecule has 1 heterocycles. The van der Waals surface area contributed by atoms with Gasteiger partial charge in [-0.3, -0.25) is 0 Å². The SMILES string of the molecule is CCNc1ccc(COc2ccc(Cl)c(C)c2)cn1. The van der Waals surface area contributed by atoms with E-state index in [-0.39, 0.29) is 0 Å². The zero-order valence-corrected chi connectivity index (χ0v) is 11.9. The molecule has 0 aliphatic heterocycles. The smallest absolute Gasteiger partial charge is 0.125 e. The van der Waals surface area contributed by atoms with Crippen molar-refractivity contribution in [2.45, 2.75) is 20.5 Å². The van der Waals surface area contributed by atoms with Crippen molar-refractivity contribution in [3.63, 3.8) is 0 Å². The van der Waals surface area contributed by atoms with Crippen LogP contribution in [-0.4, -0.2) is 11.5 Å². The monoisotopic (exact) mass is 276 g/mol. The molecular formula is C15H17ClN2O. The first-order valence-corrected chi connectivity index (χ1v) is 6.64. The Labute approximate surface area is 118 Å². The van der Waals surface area contributed by atoms with Gasteiger partial charge in [-0.25, -0.2) is 4.98 Å². The minimum Gasteiger partial charge on any atom is -0.489 e. The maximum atomic E-state index is 5.97. The number of anilines is 1. The summed E-state index contributed by atoms with van der Waals surface area (Å²) in [5.41, 5.74) is 2.05. The quantitative estimate of drug-likeness (QED) is 0.894. The summed E-state index contributed by atoms with van der Waals surface area (Å²) in [5.74, 6) is 1.70. The van der Waals surface area contributed by atoms with Gasteiger partial charge in [0.05, 0.1) is 0 Å². The summed E-state index contributed by atoms with van der Waals surface area (Å²) in [6, 6.07) is 9.61. The molecule has 0 spiro atoms. The molecule has 0 saturated heterocycles. The lowest BCUT2D eigenvalue weighted by Crippen LogP contribution is -2.01. The molecule has 2 rings (SSSR count). The van der Waals surface area contributed by atoms with Gasteiger partial charge in [0.2, 0.25) is 0 Å². The van der Waals surface area contributed by atoms with Crippen molar-refractivity contribution >= 4 is 17.4 Å². The van der Waals surface area contributed by atoms with Crippen LogP contribution in [0.25, 0.3) is 0 Å². The maximum absolute atomic E-state index is 5.97. The normalized spacial score (nSPS) is 10.3. The molecule has 2 aromatic rings. The van der Waals surface area contributed by atoms with Gasteiger partial charge in [-0.05, 0) is 43.7 Å². The molecule has 3 nitrogen and oxygen atoms in total. The molecular weight excluding hydrogens is 260 g/mol. The average molecular weight is 277 g/mol. The number of nitrogens with zero attached hydrogens (tertiary/aromatic N) is 1. The van der Waals surface area contributed by atoms with Gasteiger partial charge in [0.1, 0.15) is 18.2 Å². The van der Waals surface area contributed by atoms with Crippen LogP contribution in [-0.2, 0) is 6.61 Å². The van der Waals surface area contributed by atoms with Crippen molar-refractivity contribution in [3.05, 3.63) is 52.7 Å². The Morgan fingerprint density at radius 3 is 2.74 bits per heavy atom. The first-order chi connectivity index (χ1) is 9.19. The zero-order valence-electron chi connectivity index (χ0n) is 11.1. The lowest BCUT2D eigenvalue weighted by molar-refractivity contribution is 0.305. The molecule has 1 N–H and O–H groups in total. The van der Waals surface area contributed by atoms with Crippen LogP contribution in [0.4, 0.5) is 5.82 Å². The molecule has 0 radical (unpaired) electrons. The number of nitrogens with one attached hydrogen (secondary N) is 1. The molecule has 0 bridgehead atoms. The Morgan fingerprint density at radius 2 is 2.11 bits per heavy atom. The summed E-state index contributed by atoms with van der Waals surface area (Å²) in [7, 11) is 0. The summed E-state index contributed by atoms with van der Waals surface area (Å²) in [5, 5.41) is 3.91. The highest BCUT2D eigenvalue weighted by atomic mass is 35.5. The van der Waals surface area contributed by atoms with Gasteiger partial charge in [-0.2, -0.15) is 0 Å². The number of aryl methyl sites for hydroxylation is 1. The van der Waals surface area contributed by atoms with E-state index in [0.29, 0.717) is 6.61 Å². The molecule has 0 fully saturated rings. The predicted molar refractivity (Wildman–Crippen MR) is 78.9 cm³/mol. The topological polar surface area (TPSA) is 34.1 Å². The van der Waals surface area contributed by atoms with Crippen molar-refractivity contribution in [2.75, 3.05) is 11.9 Å². The first kappa shape index (κ1) is 13.7. The minimum atomic E-state index is 0.500. The third-order valence-corrected chi connectivity index (χ3v) is 3.14. The van der Waals surface area contributed by atoms with Gasteiger partial charge in [-0.15, -0.1) is 0 Å². The molecule has 0 aliphatic rings. The van der Waals surface area contributed by atoms with Crippen molar-refractivity contribution in [3.8, 4) is 5.75 Å². The summed E-state index contributed by atoms with van der Waals surface area (Å²) in [6.07, 6.45) is 1.82. The van der Waals surface area contributed by atoms with Crippen LogP contribution < -0.4 is 10.1 Å². The van der Waals surface area contributed by atoms with Crippen LogP contribution in [0.3, 0.4) is 0 Å². The molecule has 19 heavy (non-hydrogen) atoms. The van der Waals surface area contributed by atoms with Crippen LogP contribution in [0.15, 0.2) is 36.5 Å². The highest BCUT2D eigenvalue weighted by Gasteiger charge is 2.00. The molecule has 100 valence electrons. The first-order valence-electron chi connectivity index (χ1n) is 6.27. The lowest BCUT2D eigenvalue weighted by atomic mass is 10.2. The molecule has 1 aromatic heterocycles. The number of hydrogen-bond acceptors (Lipinski definition) is 3. The zero-order chi connectivity index (χ0) is 13.7. The number of aromatic nitrogens is 1. The Bertz CT molecular complexity index is 540. The summed E-state index contributed by atoms with van der Waals surface area (Å²) < 4.78 is 5.71. The second-order valence-electron chi connectivity index (χ2n) is 4.28. The molecule has 1 aromatic carbocycles.